The first-order chi connectivity index (χ1) is 6.79. The molecule has 0 saturated carbocycles. The van der Waals surface area contributed by atoms with E-state index in [4.69, 9.17) is 5.11 Å². The molecule has 1 aromatic carbocycles. The van der Waals surface area contributed by atoms with Crippen molar-refractivity contribution in [2.75, 3.05) is 6.61 Å². The van der Waals surface area contributed by atoms with E-state index in [2.05, 4.69) is 25.1 Å². The van der Waals surface area contributed by atoms with Crippen LogP contribution >= 0.6 is 0 Å². The van der Waals surface area contributed by atoms with E-state index >= 15 is 0 Å². The summed E-state index contributed by atoms with van der Waals surface area (Å²) in [5, 5.41) is 8.92. The molecule has 1 heteroatoms. The van der Waals surface area contributed by atoms with Gasteiger partial charge in [-0.15, -0.1) is 0 Å². The summed E-state index contributed by atoms with van der Waals surface area (Å²) in [5.41, 5.74) is 4.38. The number of fused-ring (bicyclic) bond motifs is 1. The van der Waals surface area contributed by atoms with Gasteiger partial charge in [0.25, 0.3) is 0 Å². The summed E-state index contributed by atoms with van der Waals surface area (Å²) >= 11 is 0. The second-order valence-electron chi connectivity index (χ2n) is 4.39. The van der Waals surface area contributed by atoms with Gasteiger partial charge in [-0.2, -0.15) is 0 Å². The summed E-state index contributed by atoms with van der Waals surface area (Å²) in [6.45, 7) is 2.49. The molecule has 1 aliphatic carbocycles. The molecule has 76 valence electrons. The van der Waals surface area contributed by atoms with Crippen molar-refractivity contribution >= 4 is 0 Å². The largest absolute Gasteiger partial charge is 0.396 e. The molecule has 1 N–H and O–H groups in total. The van der Waals surface area contributed by atoms with Crippen LogP contribution in [0, 0.1) is 12.8 Å². The molecule has 0 spiro atoms. The molecule has 1 unspecified atom stereocenters. The lowest BCUT2D eigenvalue weighted by molar-refractivity contribution is 0.248. The van der Waals surface area contributed by atoms with E-state index in [9.17, 15) is 0 Å². The van der Waals surface area contributed by atoms with Crippen molar-refractivity contribution in [3.05, 3.63) is 34.9 Å². The van der Waals surface area contributed by atoms with Gasteiger partial charge < -0.3 is 5.11 Å². The SMILES string of the molecule is Cc1ccc2c(c1)CC(CCO)CC2. The van der Waals surface area contributed by atoms with Crippen molar-refractivity contribution in [3.8, 4) is 0 Å². The molecule has 1 nitrogen and oxygen atoms in total. The predicted octanol–water partition coefficient (Wildman–Crippen LogP) is 2.48. The van der Waals surface area contributed by atoms with Gasteiger partial charge in [0.05, 0.1) is 0 Å². The van der Waals surface area contributed by atoms with Gasteiger partial charge in [0.2, 0.25) is 0 Å². The van der Waals surface area contributed by atoms with Crippen LogP contribution in [0.1, 0.15) is 29.5 Å². The second-order valence-corrected chi connectivity index (χ2v) is 4.39. The molecule has 0 fully saturated rings. The number of aliphatic hydroxyl groups excluding tert-OH is 1. The van der Waals surface area contributed by atoms with Crippen LogP contribution in [0.4, 0.5) is 0 Å². The third kappa shape index (κ3) is 1.98. The lowest BCUT2D eigenvalue weighted by atomic mass is 9.82. The van der Waals surface area contributed by atoms with E-state index < -0.39 is 0 Å². The Labute approximate surface area is 85.8 Å². The molecular weight excluding hydrogens is 172 g/mol. The monoisotopic (exact) mass is 190 g/mol. The first-order valence-corrected chi connectivity index (χ1v) is 5.49. The van der Waals surface area contributed by atoms with Crippen LogP contribution in [0.5, 0.6) is 0 Å². The molecule has 1 aromatic rings. The van der Waals surface area contributed by atoms with Gasteiger partial charge in [-0.25, -0.2) is 0 Å². The number of benzene rings is 1. The zero-order valence-electron chi connectivity index (χ0n) is 8.79. The molecule has 14 heavy (non-hydrogen) atoms. The van der Waals surface area contributed by atoms with Gasteiger partial charge >= 0.3 is 0 Å². The average Bonchev–Trinajstić information content (AvgIpc) is 2.17. The summed E-state index contributed by atoms with van der Waals surface area (Å²) in [7, 11) is 0. The summed E-state index contributed by atoms with van der Waals surface area (Å²) in [5.74, 6) is 0.703. The Morgan fingerprint density at radius 3 is 3.00 bits per heavy atom. The van der Waals surface area contributed by atoms with E-state index in [1.54, 1.807) is 0 Å². The smallest absolute Gasteiger partial charge is 0.0433 e. The van der Waals surface area contributed by atoms with Gasteiger partial charge in [0.1, 0.15) is 0 Å². The Balaban J connectivity index is 2.16. The molecule has 0 amide bonds. The number of rotatable bonds is 2. The predicted molar refractivity (Wildman–Crippen MR) is 58.4 cm³/mol. The Hall–Kier alpha value is -0.820. The molecule has 0 heterocycles. The number of aryl methyl sites for hydroxylation is 2. The highest BCUT2D eigenvalue weighted by atomic mass is 16.3. The molecule has 0 aromatic heterocycles. The van der Waals surface area contributed by atoms with Crippen LogP contribution in [0.3, 0.4) is 0 Å². The zero-order chi connectivity index (χ0) is 9.97. The minimum absolute atomic E-state index is 0.339. The fourth-order valence-electron chi connectivity index (χ4n) is 2.39. The second kappa shape index (κ2) is 4.14. The van der Waals surface area contributed by atoms with E-state index in [0.717, 1.165) is 12.8 Å². The lowest BCUT2D eigenvalue weighted by Gasteiger charge is -2.24. The highest BCUT2D eigenvalue weighted by molar-refractivity contribution is 5.33. The van der Waals surface area contributed by atoms with Crippen LogP contribution in [-0.2, 0) is 12.8 Å². The zero-order valence-corrected chi connectivity index (χ0v) is 8.79. The van der Waals surface area contributed by atoms with Gasteiger partial charge in [-0.1, -0.05) is 23.8 Å². The summed E-state index contributed by atoms with van der Waals surface area (Å²) in [6, 6.07) is 6.77. The van der Waals surface area contributed by atoms with Crippen molar-refractivity contribution in [3.63, 3.8) is 0 Å². The minimum atomic E-state index is 0.339. The summed E-state index contributed by atoms with van der Waals surface area (Å²) in [6.07, 6.45) is 4.57. The van der Waals surface area contributed by atoms with Crippen LogP contribution < -0.4 is 0 Å². The Morgan fingerprint density at radius 2 is 2.21 bits per heavy atom. The Kier molecular flexibility index (Phi) is 2.87. The fourth-order valence-corrected chi connectivity index (χ4v) is 2.39. The lowest BCUT2D eigenvalue weighted by Crippen LogP contribution is -2.15. The highest BCUT2D eigenvalue weighted by Crippen LogP contribution is 2.27. The van der Waals surface area contributed by atoms with Gasteiger partial charge in [-0.3, -0.25) is 0 Å². The van der Waals surface area contributed by atoms with Crippen molar-refractivity contribution in [1.29, 1.82) is 0 Å². The molecule has 1 atom stereocenters. The first kappa shape index (κ1) is 9.72. The molecule has 0 aliphatic heterocycles. The fraction of sp³-hybridized carbons (Fsp3) is 0.538. The standard InChI is InChI=1S/C13H18O/c1-10-2-4-12-5-3-11(6-7-14)9-13(12)8-10/h2,4,8,11,14H,3,5-7,9H2,1H3. The van der Waals surface area contributed by atoms with E-state index in [1.165, 1.54) is 29.5 Å². The van der Waals surface area contributed by atoms with Gasteiger partial charge in [0.15, 0.2) is 0 Å². The minimum Gasteiger partial charge on any atom is -0.396 e. The first-order valence-electron chi connectivity index (χ1n) is 5.49. The summed E-state index contributed by atoms with van der Waals surface area (Å²) in [4.78, 5) is 0. The average molecular weight is 190 g/mol. The topological polar surface area (TPSA) is 20.2 Å². The van der Waals surface area contributed by atoms with Crippen LogP contribution in [0.25, 0.3) is 0 Å². The molecule has 1 aliphatic rings. The maximum Gasteiger partial charge on any atom is 0.0433 e. The Morgan fingerprint density at radius 1 is 1.36 bits per heavy atom. The van der Waals surface area contributed by atoms with E-state index in [0.29, 0.717) is 12.5 Å². The van der Waals surface area contributed by atoms with Crippen molar-refractivity contribution in [2.24, 2.45) is 5.92 Å². The third-order valence-electron chi connectivity index (χ3n) is 3.23. The highest BCUT2D eigenvalue weighted by Gasteiger charge is 2.17. The molecule has 2 rings (SSSR count). The van der Waals surface area contributed by atoms with Crippen molar-refractivity contribution < 1.29 is 5.11 Å². The third-order valence-corrected chi connectivity index (χ3v) is 3.23. The maximum atomic E-state index is 8.92. The molecule has 0 bridgehead atoms. The normalized spacial score (nSPS) is 20.6. The van der Waals surface area contributed by atoms with Crippen LogP contribution in [-0.4, -0.2) is 11.7 Å². The van der Waals surface area contributed by atoms with Crippen LogP contribution in [0.2, 0.25) is 0 Å². The number of aliphatic hydroxyl groups is 1. The number of hydrogen-bond donors (Lipinski definition) is 1. The quantitative estimate of drug-likeness (QED) is 0.759. The van der Waals surface area contributed by atoms with Crippen LogP contribution in [0.15, 0.2) is 18.2 Å². The molecule has 0 radical (unpaired) electrons. The van der Waals surface area contributed by atoms with Gasteiger partial charge in [-0.05, 0) is 49.7 Å². The summed E-state index contributed by atoms with van der Waals surface area (Å²) < 4.78 is 0. The van der Waals surface area contributed by atoms with Crippen molar-refractivity contribution in [1.82, 2.24) is 0 Å². The van der Waals surface area contributed by atoms with E-state index in [1.807, 2.05) is 0 Å². The van der Waals surface area contributed by atoms with E-state index in [-0.39, 0.29) is 0 Å². The van der Waals surface area contributed by atoms with Crippen molar-refractivity contribution in [2.45, 2.75) is 32.6 Å². The molecular formula is C13H18O. The Bertz CT molecular complexity index is 317. The maximum absolute atomic E-state index is 8.92. The number of hydrogen-bond acceptors (Lipinski definition) is 1. The molecule has 0 saturated heterocycles. The van der Waals surface area contributed by atoms with Gasteiger partial charge in [0, 0.05) is 6.61 Å².